The van der Waals surface area contributed by atoms with Crippen molar-refractivity contribution in [3.05, 3.63) is 29.8 Å². The van der Waals surface area contributed by atoms with Crippen LogP contribution in [0.3, 0.4) is 0 Å². The Morgan fingerprint density at radius 3 is 2.89 bits per heavy atom. The zero-order valence-corrected chi connectivity index (χ0v) is 11.6. The number of nitrogens with one attached hydrogen (secondary N) is 1. The fraction of sp³-hybridized carbons (Fsp3) is 0.533. The van der Waals surface area contributed by atoms with E-state index in [4.69, 9.17) is 10.5 Å². The van der Waals surface area contributed by atoms with Gasteiger partial charge in [-0.05, 0) is 44.4 Å². The minimum Gasteiger partial charge on any atom is -0.399 e. The number of nitrogens with two attached hydrogens (primary N) is 1. The lowest BCUT2D eigenvalue weighted by Gasteiger charge is -2.36. The molecule has 3 N–H and O–H groups in total. The fourth-order valence-electron chi connectivity index (χ4n) is 2.36. The number of hydrogen-bond donors (Lipinski definition) is 2. The van der Waals surface area contributed by atoms with Gasteiger partial charge in [-0.2, -0.15) is 0 Å². The molecule has 1 aliphatic carbocycles. The molecule has 0 radical (unpaired) electrons. The molecule has 104 valence electrons. The third kappa shape index (κ3) is 3.47. The number of carbonyl (C=O) groups excluding carboxylic acids is 1. The predicted octanol–water partition coefficient (Wildman–Crippen LogP) is 2.06. The van der Waals surface area contributed by atoms with E-state index < -0.39 is 0 Å². The average Bonchev–Trinajstić information content (AvgIpc) is 2.35. The first kappa shape index (κ1) is 13.9. The lowest BCUT2D eigenvalue weighted by Crippen LogP contribution is -2.48. The Bertz CT molecular complexity index is 442. The molecular weight excluding hydrogens is 240 g/mol. The Kier molecular flexibility index (Phi) is 4.43. The highest BCUT2D eigenvalue weighted by Crippen LogP contribution is 2.25. The van der Waals surface area contributed by atoms with Crippen LogP contribution in [0, 0.1) is 0 Å². The van der Waals surface area contributed by atoms with Crippen LogP contribution in [0.1, 0.15) is 38.2 Å². The van der Waals surface area contributed by atoms with E-state index in [0.29, 0.717) is 11.8 Å². The van der Waals surface area contributed by atoms with Gasteiger partial charge < -0.3 is 15.8 Å². The van der Waals surface area contributed by atoms with Crippen molar-refractivity contribution < 1.29 is 9.53 Å². The van der Waals surface area contributed by atoms with E-state index in [-0.39, 0.29) is 17.9 Å². The van der Waals surface area contributed by atoms with Crippen molar-refractivity contribution >= 4 is 11.6 Å². The molecule has 0 saturated heterocycles. The van der Waals surface area contributed by atoms with Crippen LogP contribution in [0.5, 0.6) is 0 Å². The molecule has 1 amide bonds. The van der Waals surface area contributed by atoms with E-state index in [0.717, 1.165) is 25.0 Å². The van der Waals surface area contributed by atoms with E-state index in [1.807, 2.05) is 38.1 Å². The van der Waals surface area contributed by atoms with Gasteiger partial charge in [0.05, 0.1) is 12.0 Å². The molecule has 0 heterocycles. The minimum atomic E-state index is -0.172. The summed E-state index contributed by atoms with van der Waals surface area (Å²) in [5.74, 6) is -0.111. The smallest absolute Gasteiger partial charge is 0.227 e. The van der Waals surface area contributed by atoms with Crippen molar-refractivity contribution in [1.82, 2.24) is 5.32 Å². The molecule has 0 spiro atoms. The van der Waals surface area contributed by atoms with Crippen LogP contribution in [0.2, 0.25) is 0 Å². The van der Waals surface area contributed by atoms with Crippen LogP contribution >= 0.6 is 0 Å². The summed E-state index contributed by atoms with van der Waals surface area (Å²) in [5.41, 5.74) is 7.39. The van der Waals surface area contributed by atoms with Crippen LogP contribution in [-0.4, -0.2) is 24.7 Å². The molecule has 0 bridgehead atoms. The number of nitrogen functional groups attached to an aromatic ring is 1. The topological polar surface area (TPSA) is 64.3 Å². The Hall–Kier alpha value is -1.55. The first-order valence-corrected chi connectivity index (χ1v) is 6.87. The van der Waals surface area contributed by atoms with Crippen molar-refractivity contribution in [1.29, 1.82) is 0 Å². The van der Waals surface area contributed by atoms with Gasteiger partial charge in [0.1, 0.15) is 0 Å². The van der Waals surface area contributed by atoms with Gasteiger partial charge in [0.25, 0.3) is 0 Å². The van der Waals surface area contributed by atoms with Crippen LogP contribution in [0.4, 0.5) is 5.69 Å². The van der Waals surface area contributed by atoms with Gasteiger partial charge in [0, 0.05) is 18.3 Å². The van der Waals surface area contributed by atoms with Crippen molar-refractivity contribution in [2.24, 2.45) is 0 Å². The summed E-state index contributed by atoms with van der Waals surface area (Å²) in [6.07, 6.45) is 2.16. The van der Waals surface area contributed by atoms with E-state index in [2.05, 4.69) is 5.32 Å². The van der Waals surface area contributed by atoms with Gasteiger partial charge in [-0.25, -0.2) is 0 Å². The number of rotatable bonds is 5. The lowest BCUT2D eigenvalue weighted by atomic mass is 9.88. The third-order valence-electron chi connectivity index (χ3n) is 3.65. The van der Waals surface area contributed by atoms with Crippen LogP contribution in [-0.2, 0) is 9.53 Å². The van der Waals surface area contributed by atoms with Crippen molar-refractivity contribution in [2.45, 2.75) is 44.8 Å². The second-order valence-corrected chi connectivity index (χ2v) is 5.15. The lowest BCUT2D eigenvalue weighted by molar-refractivity contribution is -0.124. The number of hydrogen-bond acceptors (Lipinski definition) is 3. The Labute approximate surface area is 114 Å². The Morgan fingerprint density at radius 2 is 2.26 bits per heavy atom. The highest BCUT2D eigenvalue weighted by atomic mass is 16.5. The number of carbonyl (C=O) groups is 1. The maximum Gasteiger partial charge on any atom is 0.227 e. The monoisotopic (exact) mass is 262 g/mol. The number of benzene rings is 1. The Morgan fingerprint density at radius 1 is 1.53 bits per heavy atom. The minimum absolute atomic E-state index is 0.0607. The summed E-state index contributed by atoms with van der Waals surface area (Å²) in [6, 6.07) is 7.75. The Balaban J connectivity index is 1.84. The van der Waals surface area contributed by atoms with Crippen LogP contribution < -0.4 is 11.1 Å². The number of anilines is 1. The van der Waals surface area contributed by atoms with Gasteiger partial charge in [-0.3, -0.25) is 4.79 Å². The summed E-state index contributed by atoms with van der Waals surface area (Å²) >= 11 is 0. The van der Waals surface area contributed by atoms with Gasteiger partial charge in [0.2, 0.25) is 5.91 Å². The molecule has 1 aliphatic rings. The highest BCUT2D eigenvalue weighted by Gasteiger charge is 2.31. The zero-order valence-electron chi connectivity index (χ0n) is 11.6. The molecule has 0 aromatic heterocycles. The average molecular weight is 262 g/mol. The maximum absolute atomic E-state index is 12.1. The standard InChI is InChI=1S/C15H22N2O2/c1-3-19-14-8-13(9-14)17-15(18)10(2)11-5-4-6-12(16)7-11/h4-7,10,13-14H,3,8-9,16H2,1-2H3,(H,17,18). The molecule has 1 aromatic rings. The first-order chi connectivity index (χ1) is 9.10. The summed E-state index contributed by atoms with van der Waals surface area (Å²) in [7, 11) is 0. The molecule has 4 heteroatoms. The predicted molar refractivity (Wildman–Crippen MR) is 75.8 cm³/mol. The SMILES string of the molecule is CCOC1CC(NC(=O)C(C)c2cccc(N)c2)C1. The molecular formula is C15H22N2O2. The first-order valence-electron chi connectivity index (χ1n) is 6.87. The van der Waals surface area contributed by atoms with Crippen molar-refractivity contribution in [3.63, 3.8) is 0 Å². The largest absolute Gasteiger partial charge is 0.399 e. The molecule has 1 unspecified atom stereocenters. The van der Waals surface area contributed by atoms with Gasteiger partial charge in [0.15, 0.2) is 0 Å². The highest BCUT2D eigenvalue weighted by molar-refractivity contribution is 5.83. The summed E-state index contributed by atoms with van der Waals surface area (Å²) in [4.78, 5) is 12.1. The van der Waals surface area contributed by atoms with E-state index in [1.165, 1.54) is 0 Å². The van der Waals surface area contributed by atoms with Gasteiger partial charge in [-0.1, -0.05) is 12.1 Å². The number of amides is 1. The molecule has 1 atom stereocenters. The molecule has 0 aliphatic heterocycles. The normalized spacial score (nSPS) is 23.5. The second kappa shape index (κ2) is 6.06. The van der Waals surface area contributed by atoms with Gasteiger partial charge >= 0.3 is 0 Å². The molecule has 19 heavy (non-hydrogen) atoms. The third-order valence-corrected chi connectivity index (χ3v) is 3.65. The molecule has 1 saturated carbocycles. The molecule has 1 aromatic carbocycles. The summed E-state index contributed by atoms with van der Waals surface area (Å²) in [6.45, 7) is 4.64. The van der Waals surface area contributed by atoms with E-state index >= 15 is 0 Å². The maximum atomic E-state index is 12.1. The van der Waals surface area contributed by atoms with Crippen LogP contribution in [0.25, 0.3) is 0 Å². The zero-order chi connectivity index (χ0) is 13.8. The van der Waals surface area contributed by atoms with E-state index in [9.17, 15) is 4.79 Å². The summed E-state index contributed by atoms with van der Waals surface area (Å²) in [5, 5.41) is 3.06. The molecule has 4 nitrogen and oxygen atoms in total. The summed E-state index contributed by atoms with van der Waals surface area (Å²) < 4.78 is 5.48. The van der Waals surface area contributed by atoms with E-state index in [1.54, 1.807) is 0 Å². The molecule has 2 rings (SSSR count). The van der Waals surface area contributed by atoms with Crippen molar-refractivity contribution in [3.8, 4) is 0 Å². The van der Waals surface area contributed by atoms with Gasteiger partial charge in [-0.15, -0.1) is 0 Å². The molecule has 1 fully saturated rings. The van der Waals surface area contributed by atoms with Crippen LogP contribution in [0.15, 0.2) is 24.3 Å². The number of ether oxygens (including phenoxy) is 1. The quantitative estimate of drug-likeness (QED) is 0.798. The second-order valence-electron chi connectivity index (χ2n) is 5.15. The fourth-order valence-corrected chi connectivity index (χ4v) is 2.36. The van der Waals surface area contributed by atoms with Crippen molar-refractivity contribution in [2.75, 3.05) is 12.3 Å².